The van der Waals surface area contributed by atoms with Crippen LogP contribution in [-0.2, 0) is 20.7 Å². The molecule has 0 aliphatic carbocycles. The fourth-order valence-corrected chi connectivity index (χ4v) is 2.02. The minimum Gasteiger partial charge on any atom is -0.480 e. The maximum absolute atomic E-state index is 12.1. The number of carbonyl (C=O) groups excluding carboxylic acids is 1. The van der Waals surface area contributed by atoms with Gasteiger partial charge in [-0.05, 0) is 31.7 Å². The van der Waals surface area contributed by atoms with E-state index < -0.39 is 18.1 Å². The molecule has 0 aliphatic rings. The summed E-state index contributed by atoms with van der Waals surface area (Å²) in [6.45, 7) is 3.92. The van der Waals surface area contributed by atoms with E-state index in [4.69, 9.17) is 9.84 Å². The Kier molecular flexibility index (Phi) is 8.22. The molecule has 0 bridgehead atoms. The molecule has 1 rings (SSSR count). The molecule has 0 radical (unpaired) electrons. The molecule has 0 aliphatic heterocycles. The van der Waals surface area contributed by atoms with Crippen LogP contribution in [0.3, 0.4) is 0 Å². The monoisotopic (exact) mass is 307 g/mol. The predicted molar refractivity (Wildman–Crippen MR) is 84.7 cm³/mol. The summed E-state index contributed by atoms with van der Waals surface area (Å²) in [6, 6.07) is 8.39. The largest absolute Gasteiger partial charge is 0.480 e. The van der Waals surface area contributed by atoms with Crippen LogP contribution in [0, 0.1) is 0 Å². The third-order valence-corrected chi connectivity index (χ3v) is 3.41. The predicted octanol–water partition coefficient (Wildman–Crippen LogP) is 2.39. The van der Waals surface area contributed by atoms with Gasteiger partial charge in [0.25, 0.3) is 0 Å². The maximum Gasteiger partial charge on any atom is 0.323 e. The summed E-state index contributed by atoms with van der Waals surface area (Å²) in [5.41, 5.74) is 1.11. The Bertz CT molecular complexity index is 461. The van der Waals surface area contributed by atoms with Crippen molar-refractivity contribution in [1.29, 1.82) is 0 Å². The highest BCUT2D eigenvalue weighted by Gasteiger charge is 2.24. The van der Waals surface area contributed by atoms with Crippen LogP contribution in [0.4, 0.5) is 0 Å². The molecule has 0 fully saturated rings. The number of hydrogen-bond donors (Lipinski definition) is 2. The molecule has 2 atom stereocenters. The van der Waals surface area contributed by atoms with E-state index >= 15 is 0 Å². The van der Waals surface area contributed by atoms with Crippen LogP contribution >= 0.6 is 0 Å². The van der Waals surface area contributed by atoms with Gasteiger partial charge in [-0.3, -0.25) is 14.9 Å². The normalized spacial score (nSPS) is 13.4. The number of nitrogens with one attached hydrogen (secondary N) is 1. The SMILES string of the molecule is CCCCOC(=O)[C@H](CCc1ccccc1)N[C@@H](C)C(=O)O. The van der Waals surface area contributed by atoms with Gasteiger partial charge in [-0.2, -0.15) is 0 Å². The third kappa shape index (κ3) is 6.72. The Hall–Kier alpha value is -1.88. The molecule has 1 aromatic carbocycles. The first kappa shape index (κ1) is 18.2. The molecule has 0 unspecified atom stereocenters. The summed E-state index contributed by atoms with van der Waals surface area (Å²) >= 11 is 0. The summed E-state index contributed by atoms with van der Waals surface area (Å²) in [5.74, 6) is -1.36. The lowest BCUT2D eigenvalue weighted by molar-refractivity contribution is -0.147. The van der Waals surface area contributed by atoms with Crippen LogP contribution < -0.4 is 5.32 Å². The van der Waals surface area contributed by atoms with E-state index in [1.807, 2.05) is 37.3 Å². The molecule has 5 heteroatoms. The lowest BCUT2D eigenvalue weighted by Crippen LogP contribution is -2.46. The first-order valence-corrected chi connectivity index (χ1v) is 7.74. The number of carbonyl (C=O) groups is 2. The number of aliphatic carboxylic acids is 1. The molecule has 0 saturated heterocycles. The zero-order chi connectivity index (χ0) is 16.4. The minimum atomic E-state index is -0.980. The van der Waals surface area contributed by atoms with Crippen molar-refractivity contribution in [2.24, 2.45) is 0 Å². The van der Waals surface area contributed by atoms with Gasteiger partial charge < -0.3 is 9.84 Å². The standard InChI is InChI=1S/C17H25NO4/c1-3-4-12-22-17(21)15(18-13(2)16(19)20)11-10-14-8-6-5-7-9-14/h5-9,13,15,18H,3-4,10-12H2,1-2H3,(H,19,20)/t13-,15-/m0/s1. The molecule has 0 spiro atoms. The van der Waals surface area contributed by atoms with E-state index in [0.29, 0.717) is 19.4 Å². The van der Waals surface area contributed by atoms with Crippen molar-refractivity contribution in [1.82, 2.24) is 5.32 Å². The van der Waals surface area contributed by atoms with Crippen molar-refractivity contribution in [3.8, 4) is 0 Å². The highest BCUT2D eigenvalue weighted by molar-refractivity contribution is 5.78. The van der Waals surface area contributed by atoms with Crippen molar-refractivity contribution in [2.45, 2.75) is 51.6 Å². The van der Waals surface area contributed by atoms with Gasteiger partial charge in [0, 0.05) is 0 Å². The maximum atomic E-state index is 12.1. The average molecular weight is 307 g/mol. The van der Waals surface area contributed by atoms with Gasteiger partial charge in [-0.15, -0.1) is 0 Å². The lowest BCUT2D eigenvalue weighted by atomic mass is 10.0. The number of aryl methyl sites for hydroxylation is 1. The topological polar surface area (TPSA) is 75.6 Å². The molecule has 0 aromatic heterocycles. The number of carboxylic acids is 1. The summed E-state index contributed by atoms with van der Waals surface area (Å²) in [6.07, 6.45) is 2.95. The smallest absolute Gasteiger partial charge is 0.323 e. The Morgan fingerprint density at radius 3 is 2.55 bits per heavy atom. The van der Waals surface area contributed by atoms with Gasteiger partial charge in [0.2, 0.25) is 0 Å². The third-order valence-electron chi connectivity index (χ3n) is 3.41. The molecule has 0 saturated carbocycles. The molecular weight excluding hydrogens is 282 g/mol. The fraction of sp³-hybridized carbons (Fsp3) is 0.529. The average Bonchev–Trinajstić information content (AvgIpc) is 2.52. The van der Waals surface area contributed by atoms with Gasteiger partial charge >= 0.3 is 11.9 Å². The summed E-state index contributed by atoms with van der Waals surface area (Å²) in [4.78, 5) is 23.1. The number of ether oxygens (including phenoxy) is 1. The van der Waals surface area contributed by atoms with Crippen molar-refractivity contribution in [2.75, 3.05) is 6.61 Å². The zero-order valence-corrected chi connectivity index (χ0v) is 13.2. The van der Waals surface area contributed by atoms with E-state index in [-0.39, 0.29) is 5.97 Å². The number of carboxylic acid groups (broad SMARTS) is 1. The minimum absolute atomic E-state index is 0.375. The second kappa shape index (κ2) is 9.95. The second-order valence-electron chi connectivity index (χ2n) is 5.32. The van der Waals surface area contributed by atoms with E-state index in [1.54, 1.807) is 0 Å². The molecular formula is C17H25NO4. The Morgan fingerprint density at radius 1 is 1.27 bits per heavy atom. The first-order chi connectivity index (χ1) is 10.5. The van der Waals surface area contributed by atoms with Crippen LogP contribution in [0.5, 0.6) is 0 Å². The van der Waals surface area contributed by atoms with Crippen LogP contribution in [0.25, 0.3) is 0 Å². The van der Waals surface area contributed by atoms with Gasteiger partial charge in [-0.1, -0.05) is 43.7 Å². The van der Waals surface area contributed by atoms with Crippen LogP contribution in [0.2, 0.25) is 0 Å². The van der Waals surface area contributed by atoms with Crippen molar-refractivity contribution < 1.29 is 19.4 Å². The van der Waals surface area contributed by atoms with E-state index in [1.165, 1.54) is 6.92 Å². The first-order valence-electron chi connectivity index (χ1n) is 7.74. The van der Waals surface area contributed by atoms with E-state index in [2.05, 4.69) is 5.32 Å². The van der Waals surface area contributed by atoms with Crippen molar-refractivity contribution in [3.05, 3.63) is 35.9 Å². The second-order valence-corrected chi connectivity index (χ2v) is 5.32. The Balaban J connectivity index is 2.60. The lowest BCUT2D eigenvalue weighted by Gasteiger charge is -2.20. The molecule has 0 heterocycles. The highest BCUT2D eigenvalue weighted by atomic mass is 16.5. The quantitative estimate of drug-likeness (QED) is 0.513. The van der Waals surface area contributed by atoms with Gasteiger partial charge in [-0.25, -0.2) is 0 Å². The summed E-state index contributed by atoms with van der Waals surface area (Å²) in [5, 5.41) is 11.8. The summed E-state index contributed by atoms with van der Waals surface area (Å²) in [7, 11) is 0. The number of rotatable bonds is 10. The number of benzene rings is 1. The van der Waals surface area contributed by atoms with Crippen LogP contribution in [0.15, 0.2) is 30.3 Å². The van der Waals surface area contributed by atoms with E-state index in [0.717, 1.165) is 18.4 Å². The molecule has 0 amide bonds. The van der Waals surface area contributed by atoms with Crippen LogP contribution in [0.1, 0.15) is 38.7 Å². The van der Waals surface area contributed by atoms with E-state index in [9.17, 15) is 9.59 Å². The fourth-order valence-electron chi connectivity index (χ4n) is 2.02. The highest BCUT2D eigenvalue weighted by Crippen LogP contribution is 2.08. The Labute approximate surface area is 131 Å². The van der Waals surface area contributed by atoms with Gasteiger partial charge in [0.15, 0.2) is 0 Å². The van der Waals surface area contributed by atoms with Gasteiger partial charge in [0.1, 0.15) is 12.1 Å². The molecule has 5 nitrogen and oxygen atoms in total. The van der Waals surface area contributed by atoms with Crippen LogP contribution in [-0.4, -0.2) is 35.7 Å². The molecule has 122 valence electrons. The number of esters is 1. The van der Waals surface area contributed by atoms with Crippen molar-refractivity contribution in [3.63, 3.8) is 0 Å². The zero-order valence-electron chi connectivity index (χ0n) is 13.2. The number of hydrogen-bond acceptors (Lipinski definition) is 4. The number of unbranched alkanes of at least 4 members (excludes halogenated alkanes) is 1. The van der Waals surface area contributed by atoms with Gasteiger partial charge in [0.05, 0.1) is 6.61 Å². The van der Waals surface area contributed by atoms with Crippen molar-refractivity contribution >= 4 is 11.9 Å². The molecule has 1 aromatic rings. The molecule has 2 N–H and O–H groups in total. The summed E-state index contributed by atoms with van der Waals surface area (Å²) < 4.78 is 5.22. The molecule has 22 heavy (non-hydrogen) atoms. The Morgan fingerprint density at radius 2 is 1.95 bits per heavy atom.